The fraction of sp³-hybridized carbons (Fsp3) is 0.481. The minimum Gasteiger partial charge on any atom is -0.169 e. The van der Waals surface area contributed by atoms with Gasteiger partial charge in [-0.1, -0.05) is 119 Å². The Balaban J connectivity index is 1.34. The maximum atomic E-state index is 12.2. The van der Waals surface area contributed by atoms with E-state index in [2.05, 4.69) is 65.3 Å². The Morgan fingerprint density at radius 2 is 1.30 bits per heavy atom. The zero-order chi connectivity index (χ0) is 21.2. The van der Waals surface area contributed by atoms with Crippen molar-refractivity contribution in [2.75, 3.05) is 0 Å². The van der Waals surface area contributed by atoms with Gasteiger partial charge in [-0.25, -0.2) is 0 Å². The summed E-state index contributed by atoms with van der Waals surface area (Å²) >= 11 is 2.09. The summed E-state index contributed by atoms with van der Waals surface area (Å²) in [7, 11) is 0. The van der Waals surface area contributed by atoms with Gasteiger partial charge in [0.05, 0.1) is 0 Å². The van der Waals surface area contributed by atoms with Gasteiger partial charge in [0.15, 0.2) is 0 Å². The van der Waals surface area contributed by atoms with E-state index in [4.69, 9.17) is 0 Å². The van der Waals surface area contributed by atoms with Gasteiger partial charge < -0.3 is 0 Å². The standard InChI is InChI=1S/C27H36BrOS/c1-2-3-4-5-6-7-8-9-10-11-12-13-22-14-16-23(17-15-22)24-18-19-25-26(28)21-30(29)27(25)20-24/h14-21,30H,2-13H2,1H3. The molecule has 163 valence electrons. The van der Waals surface area contributed by atoms with Crippen LogP contribution < -0.4 is 0 Å². The monoisotopic (exact) mass is 487 g/mol. The zero-order valence-electron chi connectivity index (χ0n) is 18.3. The quantitative estimate of drug-likeness (QED) is 0.214. The van der Waals surface area contributed by atoms with E-state index in [1.54, 1.807) is 5.41 Å². The number of unbranched alkanes of at least 4 members (excludes halogenated alkanes) is 10. The number of halogens is 1. The van der Waals surface area contributed by atoms with Crippen molar-refractivity contribution in [3.8, 4) is 11.1 Å². The van der Waals surface area contributed by atoms with Crippen LogP contribution in [0.15, 0.2) is 52.8 Å². The fourth-order valence-corrected chi connectivity index (χ4v) is 6.43. The average Bonchev–Trinajstić information content (AvgIpc) is 3.05. The van der Waals surface area contributed by atoms with Gasteiger partial charge in [-0.05, 0) is 56.9 Å². The van der Waals surface area contributed by atoms with Crippen LogP contribution in [0.2, 0.25) is 0 Å². The molecule has 0 saturated heterocycles. The number of hydrogen-bond acceptors (Lipinski definition) is 0. The normalized spacial score (nSPS) is 16.5. The van der Waals surface area contributed by atoms with Crippen LogP contribution in [-0.4, -0.2) is 0 Å². The van der Waals surface area contributed by atoms with Crippen LogP contribution in [-0.2, 0) is 11.0 Å². The summed E-state index contributed by atoms with van der Waals surface area (Å²) in [6, 6.07) is 15.2. The van der Waals surface area contributed by atoms with Crippen LogP contribution in [0.3, 0.4) is 0 Å². The first-order valence-electron chi connectivity index (χ1n) is 11.8. The smallest absolute Gasteiger partial charge is 0.0329 e. The predicted molar refractivity (Wildman–Crippen MR) is 137 cm³/mol. The molecule has 0 fully saturated rings. The van der Waals surface area contributed by atoms with E-state index in [-0.39, 0.29) is 0 Å². The van der Waals surface area contributed by atoms with Crippen LogP contribution in [0.5, 0.6) is 0 Å². The molecule has 0 amide bonds. The summed E-state index contributed by atoms with van der Waals surface area (Å²) in [5.74, 6) is 0. The highest BCUT2D eigenvalue weighted by Gasteiger charge is 2.19. The lowest BCUT2D eigenvalue weighted by atomic mass is 10.00. The molecule has 0 saturated carbocycles. The molecule has 1 radical (unpaired) electrons. The van der Waals surface area contributed by atoms with Gasteiger partial charge in [-0.3, -0.25) is 0 Å². The topological polar surface area (TPSA) is 19.9 Å². The zero-order valence-corrected chi connectivity index (χ0v) is 20.8. The molecule has 3 heteroatoms. The number of rotatable bonds is 13. The van der Waals surface area contributed by atoms with Crippen molar-refractivity contribution < 1.29 is 4.55 Å². The SMILES string of the molecule is CCCCCCCCCCCCCc1ccc(-c2ccc3c(c2)[SH]([O])C=C3Br)cc1. The van der Waals surface area contributed by atoms with E-state index in [0.29, 0.717) is 0 Å². The lowest BCUT2D eigenvalue weighted by Crippen LogP contribution is -1.88. The summed E-state index contributed by atoms with van der Waals surface area (Å²) in [5.41, 5.74) is 4.83. The molecule has 2 aromatic rings. The molecule has 30 heavy (non-hydrogen) atoms. The minimum absolute atomic E-state index is 0.944. The largest absolute Gasteiger partial charge is 0.169 e. The van der Waals surface area contributed by atoms with Crippen molar-refractivity contribution in [2.24, 2.45) is 0 Å². The second kappa shape index (κ2) is 12.7. The number of hydrogen-bond donors (Lipinski definition) is 1. The van der Waals surface area contributed by atoms with Crippen molar-refractivity contribution >= 4 is 31.6 Å². The van der Waals surface area contributed by atoms with Crippen LogP contribution in [0, 0.1) is 0 Å². The Bertz CT molecular complexity index is 812. The van der Waals surface area contributed by atoms with E-state index in [0.717, 1.165) is 20.5 Å². The minimum atomic E-state index is -1.41. The molecular weight excluding hydrogens is 452 g/mol. The Morgan fingerprint density at radius 1 is 0.733 bits per heavy atom. The molecule has 1 heterocycles. The summed E-state index contributed by atoms with van der Waals surface area (Å²) in [6.07, 6.45) is 16.5. The van der Waals surface area contributed by atoms with Crippen molar-refractivity contribution in [3.05, 3.63) is 59.0 Å². The third-order valence-corrected chi connectivity index (χ3v) is 8.43. The first-order chi connectivity index (χ1) is 14.7. The van der Waals surface area contributed by atoms with Gasteiger partial charge >= 0.3 is 0 Å². The molecule has 1 nitrogen and oxygen atoms in total. The molecule has 0 spiro atoms. The van der Waals surface area contributed by atoms with E-state index in [1.165, 1.54) is 88.2 Å². The van der Waals surface area contributed by atoms with Crippen molar-refractivity contribution in [2.45, 2.75) is 88.9 Å². The van der Waals surface area contributed by atoms with E-state index < -0.39 is 11.2 Å². The average molecular weight is 489 g/mol. The molecule has 0 aromatic heterocycles. The van der Waals surface area contributed by atoms with Crippen molar-refractivity contribution in [1.29, 1.82) is 0 Å². The van der Waals surface area contributed by atoms with Gasteiger partial charge in [0.25, 0.3) is 0 Å². The molecule has 1 atom stereocenters. The van der Waals surface area contributed by atoms with Crippen molar-refractivity contribution in [1.82, 2.24) is 0 Å². The highest BCUT2D eigenvalue weighted by molar-refractivity contribution is 9.15. The highest BCUT2D eigenvalue weighted by Crippen LogP contribution is 2.50. The Kier molecular flexibility index (Phi) is 10.0. The number of fused-ring (bicyclic) bond motifs is 1. The first kappa shape index (κ1) is 23.6. The van der Waals surface area contributed by atoms with Crippen LogP contribution in [0.4, 0.5) is 0 Å². The maximum absolute atomic E-state index is 12.2. The van der Waals surface area contributed by atoms with E-state index in [9.17, 15) is 4.55 Å². The van der Waals surface area contributed by atoms with Gasteiger partial charge in [0, 0.05) is 14.9 Å². The number of thiol groups is 1. The molecule has 0 N–H and O–H groups in total. The maximum Gasteiger partial charge on any atom is 0.0329 e. The van der Waals surface area contributed by atoms with Gasteiger partial charge in [0.2, 0.25) is 0 Å². The molecule has 1 aliphatic rings. The van der Waals surface area contributed by atoms with E-state index in [1.807, 2.05) is 0 Å². The Hall–Kier alpha value is -1.03. The molecule has 3 rings (SSSR count). The van der Waals surface area contributed by atoms with Crippen LogP contribution in [0.1, 0.15) is 88.7 Å². The second-order valence-electron chi connectivity index (χ2n) is 8.52. The second-order valence-corrected chi connectivity index (χ2v) is 10.8. The summed E-state index contributed by atoms with van der Waals surface area (Å²) in [5, 5.41) is 1.81. The third-order valence-electron chi connectivity index (χ3n) is 6.08. The summed E-state index contributed by atoms with van der Waals surface area (Å²) < 4.78 is 13.2. The molecule has 2 aromatic carbocycles. The lowest BCUT2D eigenvalue weighted by Gasteiger charge is -2.09. The van der Waals surface area contributed by atoms with Gasteiger partial charge in [-0.15, -0.1) is 0 Å². The molecule has 0 aliphatic carbocycles. The lowest BCUT2D eigenvalue weighted by molar-refractivity contribution is 0.523. The predicted octanol–water partition coefficient (Wildman–Crippen LogP) is 9.62. The van der Waals surface area contributed by atoms with Crippen LogP contribution >= 0.6 is 27.1 Å². The summed E-state index contributed by atoms with van der Waals surface area (Å²) in [4.78, 5) is 0.944. The third kappa shape index (κ3) is 7.00. The fourth-order valence-electron chi connectivity index (χ4n) is 4.19. The van der Waals surface area contributed by atoms with Gasteiger partial charge in [0.1, 0.15) is 0 Å². The summed E-state index contributed by atoms with van der Waals surface area (Å²) in [6.45, 7) is 2.28. The van der Waals surface area contributed by atoms with Crippen molar-refractivity contribution in [3.63, 3.8) is 0 Å². The molecular formula is C27H36BrOS. The highest BCUT2D eigenvalue weighted by atomic mass is 79.9. The first-order valence-corrected chi connectivity index (χ1v) is 13.9. The van der Waals surface area contributed by atoms with Crippen LogP contribution in [0.25, 0.3) is 15.6 Å². The number of aryl methyl sites for hydroxylation is 1. The Morgan fingerprint density at radius 3 is 1.93 bits per heavy atom. The molecule has 1 unspecified atom stereocenters. The van der Waals surface area contributed by atoms with E-state index >= 15 is 0 Å². The molecule has 0 bridgehead atoms. The van der Waals surface area contributed by atoms with Gasteiger partial charge in [-0.2, -0.15) is 4.55 Å². The molecule has 1 aliphatic heterocycles. The Labute approximate surface area is 194 Å². The number of benzene rings is 2.